The first-order chi connectivity index (χ1) is 17.5. The van der Waals surface area contributed by atoms with Crippen LogP contribution in [0.25, 0.3) is 0 Å². The predicted octanol–water partition coefficient (Wildman–Crippen LogP) is 6.10. The molecule has 0 aromatic heterocycles. The Hall–Kier alpha value is -3.91. The van der Waals surface area contributed by atoms with Crippen molar-refractivity contribution in [1.29, 1.82) is 5.26 Å². The zero-order valence-corrected chi connectivity index (χ0v) is 21.1. The van der Waals surface area contributed by atoms with E-state index in [-0.39, 0.29) is 12.1 Å². The molecule has 0 unspecified atom stereocenters. The Kier molecular flexibility index (Phi) is 6.86. The molecule has 0 saturated heterocycles. The average Bonchev–Trinajstić information content (AvgIpc) is 3.58. The molecule has 2 aliphatic rings. The first-order valence-corrected chi connectivity index (χ1v) is 12.5. The van der Waals surface area contributed by atoms with Crippen LogP contribution >= 0.6 is 0 Å². The summed E-state index contributed by atoms with van der Waals surface area (Å²) >= 11 is 0. The fourth-order valence-corrected chi connectivity index (χ4v) is 5.30. The molecular formula is C31H31N3O2. The summed E-state index contributed by atoms with van der Waals surface area (Å²) < 4.78 is 12.1. The van der Waals surface area contributed by atoms with E-state index >= 15 is 0 Å². The van der Waals surface area contributed by atoms with Gasteiger partial charge in [0.1, 0.15) is 25.3 Å². The van der Waals surface area contributed by atoms with Crippen molar-refractivity contribution in [2.24, 2.45) is 9.98 Å². The third-order valence-electron chi connectivity index (χ3n) is 7.41. The topological polar surface area (TPSA) is 67.0 Å². The number of hydrogen-bond acceptors (Lipinski definition) is 5. The second-order valence-electron chi connectivity index (χ2n) is 9.52. The van der Waals surface area contributed by atoms with E-state index in [9.17, 15) is 5.26 Å². The Morgan fingerprint density at radius 2 is 1.11 bits per heavy atom. The van der Waals surface area contributed by atoms with Crippen molar-refractivity contribution in [2.45, 2.75) is 52.1 Å². The second kappa shape index (κ2) is 10.4. The van der Waals surface area contributed by atoms with E-state index in [4.69, 9.17) is 19.5 Å². The lowest BCUT2D eigenvalue weighted by Crippen LogP contribution is -2.14. The maximum absolute atomic E-state index is 9.56. The third-order valence-corrected chi connectivity index (χ3v) is 7.41. The normalized spacial score (nSPS) is 18.7. The molecule has 2 atom stereocenters. The molecule has 0 spiro atoms. The smallest absolute Gasteiger partial charge is 0.188 e. The van der Waals surface area contributed by atoms with Crippen LogP contribution < -0.4 is 0 Å². The Morgan fingerprint density at radius 1 is 0.694 bits per heavy atom. The molecule has 0 bridgehead atoms. The molecule has 0 saturated carbocycles. The molecule has 3 aromatic rings. The molecule has 0 radical (unpaired) electrons. The molecule has 0 amide bonds. The lowest BCUT2D eigenvalue weighted by Gasteiger charge is -2.21. The van der Waals surface area contributed by atoms with Gasteiger partial charge in [-0.3, -0.25) is 0 Å². The molecule has 36 heavy (non-hydrogen) atoms. The van der Waals surface area contributed by atoms with Crippen molar-refractivity contribution >= 4 is 11.8 Å². The van der Waals surface area contributed by atoms with Gasteiger partial charge < -0.3 is 9.47 Å². The van der Waals surface area contributed by atoms with Gasteiger partial charge in [0, 0.05) is 12.8 Å². The number of benzene rings is 3. The van der Waals surface area contributed by atoms with E-state index in [1.54, 1.807) is 0 Å². The van der Waals surface area contributed by atoms with E-state index in [1.807, 2.05) is 36.4 Å². The molecule has 2 heterocycles. The molecule has 0 aliphatic carbocycles. The molecule has 2 aliphatic heterocycles. The fraction of sp³-hybridized carbons (Fsp3) is 0.323. The first kappa shape index (κ1) is 23.8. The summed E-state index contributed by atoms with van der Waals surface area (Å²) in [5, 5.41) is 9.56. The summed E-state index contributed by atoms with van der Waals surface area (Å²) in [6, 6.07) is 23.0. The van der Waals surface area contributed by atoms with Gasteiger partial charge in [-0.2, -0.15) is 5.26 Å². The second-order valence-corrected chi connectivity index (χ2v) is 9.52. The van der Waals surface area contributed by atoms with Crippen molar-refractivity contribution in [2.75, 3.05) is 13.2 Å². The minimum Gasteiger partial charge on any atom is -0.478 e. The highest BCUT2D eigenvalue weighted by Crippen LogP contribution is 2.32. The largest absolute Gasteiger partial charge is 0.478 e. The number of rotatable bonds is 7. The summed E-state index contributed by atoms with van der Waals surface area (Å²) in [6.45, 7) is 7.52. The van der Waals surface area contributed by atoms with E-state index < -0.39 is 0 Å². The summed E-state index contributed by atoms with van der Waals surface area (Å²) in [6.07, 6.45) is 1.61. The Balaban J connectivity index is 1.45. The third kappa shape index (κ3) is 4.77. The molecular weight excluding hydrogens is 446 g/mol. The summed E-state index contributed by atoms with van der Waals surface area (Å²) in [7, 11) is 0. The van der Waals surface area contributed by atoms with Gasteiger partial charge in [-0.05, 0) is 65.3 Å². The van der Waals surface area contributed by atoms with Gasteiger partial charge in [0.15, 0.2) is 11.8 Å². The van der Waals surface area contributed by atoms with Gasteiger partial charge >= 0.3 is 0 Å². The van der Waals surface area contributed by atoms with E-state index in [1.165, 1.54) is 27.8 Å². The van der Waals surface area contributed by atoms with E-state index in [0.29, 0.717) is 32.5 Å². The van der Waals surface area contributed by atoms with Crippen LogP contribution in [-0.2, 0) is 28.7 Å². The molecule has 5 rings (SSSR count). The van der Waals surface area contributed by atoms with Crippen molar-refractivity contribution in [3.05, 3.63) is 105 Å². The molecule has 3 aromatic carbocycles. The number of nitriles is 1. The van der Waals surface area contributed by atoms with Crippen molar-refractivity contribution in [3.8, 4) is 6.07 Å². The number of hydrogen-bond donors (Lipinski definition) is 0. The number of nitrogens with zero attached hydrogens (tertiary/aromatic N) is 3. The Morgan fingerprint density at radius 3 is 1.53 bits per heavy atom. The predicted molar refractivity (Wildman–Crippen MR) is 143 cm³/mol. The van der Waals surface area contributed by atoms with Crippen LogP contribution in [0.3, 0.4) is 0 Å². The van der Waals surface area contributed by atoms with Crippen molar-refractivity contribution in [3.63, 3.8) is 0 Å². The minimum absolute atomic E-state index is 0.0291. The van der Waals surface area contributed by atoms with E-state index in [0.717, 1.165) is 28.5 Å². The molecule has 0 fully saturated rings. The molecule has 5 nitrogen and oxygen atoms in total. The van der Waals surface area contributed by atoms with Gasteiger partial charge in [-0.1, -0.05) is 60.7 Å². The summed E-state index contributed by atoms with van der Waals surface area (Å²) in [5.41, 5.74) is 9.31. The lowest BCUT2D eigenvalue weighted by molar-refractivity contribution is 0.313. The van der Waals surface area contributed by atoms with Gasteiger partial charge in [0.25, 0.3) is 0 Å². The van der Waals surface area contributed by atoms with Crippen LogP contribution in [0.5, 0.6) is 0 Å². The first-order valence-electron chi connectivity index (χ1n) is 12.5. The van der Waals surface area contributed by atoms with Crippen LogP contribution in [0.15, 0.2) is 70.6 Å². The molecule has 182 valence electrons. The summed E-state index contributed by atoms with van der Waals surface area (Å²) in [4.78, 5) is 9.78. The van der Waals surface area contributed by atoms with Crippen LogP contribution in [0.4, 0.5) is 0 Å². The zero-order valence-electron chi connectivity index (χ0n) is 21.1. The highest BCUT2D eigenvalue weighted by molar-refractivity contribution is 5.84. The number of ether oxygens (including phenoxy) is 2. The Labute approximate surface area is 213 Å². The maximum atomic E-state index is 9.56. The molecule has 0 N–H and O–H groups in total. The highest BCUT2D eigenvalue weighted by atomic mass is 16.5. The standard InChI is InChI=1S/C31H31N3O2/c1-20-25(14-15-32)21(2)27(17-31-34-29(19-36-31)24-12-8-5-9-13-24)22(3)26(20)16-30-33-28(18-35-30)23-10-6-4-7-11-23/h4-13,28-29H,14,16-19H2,1-3H3/t28-,29-/m1/s1. The van der Waals surface area contributed by atoms with Gasteiger partial charge in [-0.15, -0.1) is 0 Å². The Bertz CT molecular complexity index is 1260. The van der Waals surface area contributed by atoms with Crippen molar-refractivity contribution < 1.29 is 9.47 Å². The van der Waals surface area contributed by atoms with Crippen LogP contribution in [0, 0.1) is 32.1 Å². The van der Waals surface area contributed by atoms with Gasteiger partial charge in [0.2, 0.25) is 0 Å². The number of aliphatic imine (C=N–C) groups is 2. The molecule has 5 heteroatoms. The quantitative estimate of drug-likeness (QED) is 0.413. The van der Waals surface area contributed by atoms with Crippen LogP contribution in [0.2, 0.25) is 0 Å². The van der Waals surface area contributed by atoms with E-state index in [2.05, 4.69) is 51.1 Å². The zero-order chi connectivity index (χ0) is 25.1. The van der Waals surface area contributed by atoms with Gasteiger partial charge in [-0.25, -0.2) is 9.98 Å². The van der Waals surface area contributed by atoms with Gasteiger partial charge in [0.05, 0.1) is 12.5 Å². The maximum Gasteiger partial charge on any atom is 0.188 e. The lowest BCUT2D eigenvalue weighted by atomic mass is 9.84. The highest BCUT2D eigenvalue weighted by Gasteiger charge is 2.26. The summed E-state index contributed by atoms with van der Waals surface area (Å²) in [5.74, 6) is 1.51. The SMILES string of the molecule is Cc1c(CC#N)c(C)c(CC2=N[C@@H](c3ccccc3)CO2)c(C)c1CC1=N[C@@H](c2ccccc2)CO1. The monoisotopic (exact) mass is 477 g/mol. The average molecular weight is 478 g/mol. The minimum atomic E-state index is 0.0291. The van der Waals surface area contributed by atoms with Crippen LogP contribution in [-0.4, -0.2) is 25.0 Å². The van der Waals surface area contributed by atoms with Crippen LogP contribution in [0.1, 0.15) is 56.6 Å². The fourth-order valence-electron chi connectivity index (χ4n) is 5.30. The van der Waals surface area contributed by atoms with Crippen molar-refractivity contribution in [1.82, 2.24) is 0 Å².